The van der Waals surface area contributed by atoms with Gasteiger partial charge in [0.25, 0.3) is 5.91 Å². The van der Waals surface area contributed by atoms with Crippen molar-refractivity contribution in [1.29, 1.82) is 0 Å². The van der Waals surface area contributed by atoms with Crippen LogP contribution in [0, 0.1) is 0 Å². The van der Waals surface area contributed by atoms with Crippen LogP contribution in [0.2, 0.25) is 0 Å². The lowest BCUT2D eigenvalue weighted by atomic mass is 10.1. The number of hydrogen-bond donors (Lipinski definition) is 1. The smallest absolute Gasteiger partial charge is 0.311 e. The van der Waals surface area contributed by atoms with Crippen molar-refractivity contribution in [1.82, 2.24) is 0 Å². The van der Waals surface area contributed by atoms with Gasteiger partial charge in [0.05, 0.1) is 19.2 Å². The molecule has 0 radical (unpaired) electrons. The minimum absolute atomic E-state index is 0.00827. The minimum atomic E-state index is -1.00. The fraction of sp³-hybridized carbons (Fsp3) is 0.250. The first-order chi connectivity index (χ1) is 12.4. The molecule has 0 unspecified atom stereocenters. The highest BCUT2D eigenvalue weighted by atomic mass is 16.5. The molecule has 2 aromatic rings. The highest BCUT2D eigenvalue weighted by Gasteiger charge is 2.20. The highest BCUT2D eigenvalue weighted by Crippen LogP contribution is 2.19. The van der Waals surface area contributed by atoms with Gasteiger partial charge in [-0.2, -0.15) is 0 Å². The molecule has 0 aliphatic rings. The Morgan fingerprint density at radius 2 is 1.69 bits per heavy atom. The summed E-state index contributed by atoms with van der Waals surface area (Å²) in [4.78, 5) is 36.0. The first-order valence-electron chi connectivity index (χ1n) is 8.14. The summed E-state index contributed by atoms with van der Waals surface area (Å²) < 4.78 is 10.4. The van der Waals surface area contributed by atoms with Crippen molar-refractivity contribution in [3.63, 3.8) is 0 Å². The van der Waals surface area contributed by atoms with Gasteiger partial charge >= 0.3 is 5.97 Å². The van der Waals surface area contributed by atoms with Gasteiger partial charge in [0.15, 0.2) is 11.9 Å². The van der Waals surface area contributed by atoms with E-state index in [4.69, 9.17) is 9.47 Å². The number of carbonyl (C=O) groups excluding carboxylic acids is 3. The highest BCUT2D eigenvalue weighted by molar-refractivity contribution is 6.04. The van der Waals surface area contributed by atoms with Crippen LogP contribution in [0.4, 0.5) is 5.69 Å². The number of Topliss-reactive ketones (excluding diaryl/α,β-unsaturated/α-hetero) is 1. The predicted molar refractivity (Wildman–Crippen MR) is 97.3 cm³/mol. The van der Waals surface area contributed by atoms with Gasteiger partial charge in [-0.25, -0.2) is 0 Å². The van der Waals surface area contributed by atoms with Crippen molar-refractivity contribution in [3.05, 3.63) is 59.7 Å². The summed E-state index contributed by atoms with van der Waals surface area (Å²) in [6.45, 7) is 2.90. The lowest BCUT2D eigenvalue weighted by Gasteiger charge is -2.15. The van der Waals surface area contributed by atoms with Crippen molar-refractivity contribution in [2.24, 2.45) is 0 Å². The molecule has 0 saturated heterocycles. The monoisotopic (exact) mass is 355 g/mol. The maximum atomic E-state index is 12.3. The largest absolute Gasteiger partial charge is 0.496 e. The molecule has 0 heterocycles. The molecule has 0 saturated carbocycles. The van der Waals surface area contributed by atoms with Crippen molar-refractivity contribution in [2.75, 3.05) is 12.4 Å². The van der Waals surface area contributed by atoms with Gasteiger partial charge in [-0.05, 0) is 32.0 Å². The van der Waals surface area contributed by atoms with Crippen molar-refractivity contribution in [3.8, 4) is 5.75 Å². The third kappa shape index (κ3) is 4.92. The van der Waals surface area contributed by atoms with Crippen LogP contribution in [0.1, 0.15) is 29.8 Å². The number of hydrogen-bond acceptors (Lipinski definition) is 5. The van der Waals surface area contributed by atoms with E-state index in [9.17, 15) is 14.4 Å². The first-order valence-corrected chi connectivity index (χ1v) is 8.14. The molecule has 0 spiro atoms. The number of esters is 1. The summed E-state index contributed by atoms with van der Waals surface area (Å²) in [6.07, 6.45) is -1.01. The van der Waals surface area contributed by atoms with E-state index in [1.54, 1.807) is 48.5 Å². The average molecular weight is 355 g/mol. The van der Waals surface area contributed by atoms with Crippen molar-refractivity contribution >= 4 is 23.3 Å². The summed E-state index contributed by atoms with van der Waals surface area (Å²) >= 11 is 0. The van der Waals surface area contributed by atoms with Crippen molar-refractivity contribution < 1.29 is 23.9 Å². The zero-order valence-corrected chi connectivity index (χ0v) is 14.9. The second-order valence-electron chi connectivity index (χ2n) is 5.71. The fourth-order valence-electron chi connectivity index (χ4n) is 2.43. The molecule has 26 heavy (non-hydrogen) atoms. The molecule has 2 aromatic carbocycles. The number of methoxy groups -OCH3 is 1. The number of para-hydroxylation sites is 2. The van der Waals surface area contributed by atoms with E-state index >= 15 is 0 Å². The Morgan fingerprint density at radius 1 is 1.04 bits per heavy atom. The molecule has 0 bridgehead atoms. The van der Waals surface area contributed by atoms with Crippen LogP contribution in [0.15, 0.2) is 48.5 Å². The number of benzene rings is 2. The third-order valence-corrected chi connectivity index (χ3v) is 3.77. The zero-order valence-electron chi connectivity index (χ0n) is 14.9. The molecule has 0 aliphatic carbocycles. The van der Waals surface area contributed by atoms with E-state index in [0.717, 1.165) is 0 Å². The average Bonchev–Trinajstić information content (AvgIpc) is 2.62. The van der Waals surface area contributed by atoms with E-state index in [2.05, 4.69) is 5.32 Å². The van der Waals surface area contributed by atoms with Crippen LogP contribution in [0.5, 0.6) is 5.75 Å². The van der Waals surface area contributed by atoms with Crippen LogP contribution in [0.3, 0.4) is 0 Å². The molecule has 0 aliphatic heterocycles. The predicted octanol–water partition coefficient (Wildman–Crippen LogP) is 3.01. The van der Waals surface area contributed by atoms with E-state index < -0.39 is 18.0 Å². The van der Waals surface area contributed by atoms with Gasteiger partial charge in [-0.1, -0.05) is 30.3 Å². The van der Waals surface area contributed by atoms with Crippen molar-refractivity contribution in [2.45, 2.75) is 26.4 Å². The van der Waals surface area contributed by atoms with E-state index in [0.29, 0.717) is 22.6 Å². The number of rotatable bonds is 7. The first kappa shape index (κ1) is 19.2. The normalized spacial score (nSPS) is 11.3. The van der Waals surface area contributed by atoms with Crippen LogP contribution >= 0.6 is 0 Å². The molecular formula is C20H21NO5. The standard InChI is InChI=1S/C20H21NO5/c1-13(22)16-9-5-6-10-17(16)21-20(24)14(2)26-19(23)12-15-8-4-7-11-18(15)25-3/h4-11,14H,12H2,1-3H3,(H,21,24)/t14-/m0/s1. The lowest BCUT2D eigenvalue weighted by Crippen LogP contribution is -2.31. The number of ketones is 1. The molecule has 2 rings (SSSR count). The van der Waals surface area contributed by atoms with Crippen LogP contribution in [-0.2, 0) is 20.7 Å². The molecule has 136 valence electrons. The number of nitrogens with one attached hydrogen (secondary N) is 1. The van der Waals surface area contributed by atoms with Gasteiger partial charge < -0.3 is 14.8 Å². The topological polar surface area (TPSA) is 81.7 Å². The number of carbonyl (C=O) groups is 3. The Labute approximate surface area is 152 Å². The summed E-state index contributed by atoms with van der Waals surface area (Å²) in [5.41, 5.74) is 1.46. The second kappa shape index (κ2) is 8.80. The summed E-state index contributed by atoms with van der Waals surface area (Å²) in [7, 11) is 1.52. The minimum Gasteiger partial charge on any atom is -0.496 e. The SMILES string of the molecule is COc1ccccc1CC(=O)O[C@@H](C)C(=O)Nc1ccccc1C(C)=O. The Balaban J connectivity index is 1.99. The molecule has 1 atom stereocenters. The Bertz CT molecular complexity index is 815. The van der Waals surface area contributed by atoms with Gasteiger partial charge in [0, 0.05) is 11.1 Å². The Morgan fingerprint density at radius 3 is 2.38 bits per heavy atom. The van der Waals surface area contributed by atoms with Gasteiger partial charge in [0.2, 0.25) is 0 Å². The maximum absolute atomic E-state index is 12.3. The zero-order chi connectivity index (χ0) is 19.1. The van der Waals surface area contributed by atoms with E-state index in [-0.39, 0.29) is 12.2 Å². The molecule has 0 aromatic heterocycles. The fourth-order valence-corrected chi connectivity index (χ4v) is 2.43. The van der Waals surface area contributed by atoms with Gasteiger partial charge in [-0.15, -0.1) is 0 Å². The summed E-state index contributed by atoms with van der Waals surface area (Å²) in [5.74, 6) is -0.636. The van der Waals surface area contributed by atoms with E-state index in [1.807, 2.05) is 0 Å². The van der Waals surface area contributed by atoms with Crippen LogP contribution < -0.4 is 10.1 Å². The Hall–Kier alpha value is -3.15. The number of anilines is 1. The molecule has 6 heteroatoms. The third-order valence-electron chi connectivity index (χ3n) is 3.77. The number of amides is 1. The van der Waals surface area contributed by atoms with Crippen LogP contribution in [0.25, 0.3) is 0 Å². The molecule has 1 amide bonds. The quantitative estimate of drug-likeness (QED) is 0.610. The van der Waals surface area contributed by atoms with Crippen LogP contribution in [-0.4, -0.2) is 30.9 Å². The maximum Gasteiger partial charge on any atom is 0.311 e. The number of ether oxygens (including phenoxy) is 2. The molecule has 0 fully saturated rings. The lowest BCUT2D eigenvalue weighted by molar-refractivity contribution is -0.152. The second-order valence-corrected chi connectivity index (χ2v) is 5.71. The van der Waals surface area contributed by atoms with Gasteiger partial charge in [0.1, 0.15) is 5.75 Å². The summed E-state index contributed by atoms with van der Waals surface area (Å²) in [5, 5.41) is 2.62. The molecule has 6 nitrogen and oxygen atoms in total. The Kier molecular flexibility index (Phi) is 6.49. The summed E-state index contributed by atoms with van der Waals surface area (Å²) in [6, 6.07) is 13.8. The van der Waals surface area contributed by atoms with E-state index in [1.165, 1.54) is 21.0 Å². The van der Waals surface area contributed by atoms with Gasteiger partial charge in [-0.3, -0.25) is 14.4 Å². The molecular weight excluding hydrogens is 334 g/mol. The molecule has 1 N–H and O–H groups in total.